The molecule has 1 aromatic carbocycles. The molecule has 0 amide bonds. The molecule has 0 aliphatic rings. The maximum Gasteiger partial charge on any atom is 0.269 e. The van der Waals surface area contributed by atoms with Crippen LogP contribution in [0.2, 0.25) is 0 Å². The number of non-ortho nitro benzene ring substituents is 1. The molecule has 0 aliphatic carbocycles. The zero-order valence-electron chi connectivity index (χ0n) is 11.1. The second kappa shape index (κ2) is 5.80. The Balaban J connectivity index is 3.23. The lowest BCUT2D eigenvalue weighted by molar-refractivity contribution is -0.385. The first-order valence-electron chi connectivity index (χ1n) is 6.28. The van der Waals surface area contributed by atoms with Crippen molar-refractivity contribution in [3.8, 4) is 0 Å². The van der Waals surface area contributed by atoms with Gasteiger partial charge >= 0.3 is 0 Å². The average molecular weight is 235 g/mol. The largest absolute Gasteiger partial charge is 0.269 e. The fraction of sp³-hybridized carbons (Fsp3) is 0.571. The van der Waals surface area contributed by atoms with Crippen LogP contribution in [0, 0.1) is 10.1 Å². The van der Waals surface area contributed by atoms with Crippen LogP contribution in [0.15, 0.2) is 18.2 Å². The minimum Gasteiger partial charge on any atom is -0.258 e. The minimum atomic E-state index is -0.294. The number of hydrogen-bond acceptors (Lipinski definition) is 2. The second-order valence-corrected chi connectivity index (χ2v) is 4.73. The molecule has 0 aromatic heterocycles. The molecular weight excluding hydrogens is 214 g/mol. The number of benzene rings is 1. The summed E-state index contributed by atoms with van der Waals surface area (Å²) in [5.41, 5.74) is 2.38. The average Bonchev–Trinajstić information content (AvgIpc) is 2.36. The third-order valence-corrected chi connectivity index (χ3v) is 3.54. The Labute approximate surface area is 103 Å². The van der Waals surface area contributed by atoms with E-state index in [9.17, 15) is 10.1 Å². The van der Waals surface area contributed by atoms with E-state index in [4.69, 9.17) is 0 Å². The van der Waals surface area contributed by atoms with Gasteiger partial charge in [0, 0.05) is 12.1 Å². The third-order valence-electron chi connectivity index (χ3n) is 3.54. The van der Waals surface area contributed by atoms with Gasteiger partial charge in [-0.25, -0.2) is 0 Å². The maximum absolute atomic E-state index is 10.9. The molecule has 3 nitrogen and oxygen atoms in total. The summed E-state index contributed by atoms with van der Waals surface area (Å²) in [6.07, 6.45) is 2.00. The van der Waals surface area contributed by atoms with Gasteiger partial charge in [0.2, 0.25) is 0 Å². The summed E-state index contributed by atoms with van der Waals surface area (Å²) in [5, 5.41) is 10.9. The van der Waals surface area contributed by atoms with Crippen LogP contribution in [-0.2, 0) is 0 Å². The molecular formula is C14H21NO2. The van der Waals surface area contributed by atoms with E-state index in [0.29, 0.717) is 11.8 Å². The SMILES string of the molecule is CCC(C)c1cc(C(C)CC)cc([N+](=O)[O-])c1. The van der Waals surface area contributed by atoms with Crippen LogP contribution in [0.5, 0.6) is 0 Å². The van der Waals surface area contributed by atoms with Gasteiger partial charge in [-0.15, -0.1) is 0 Å². The molecule has 0 saturated heterocycles. The highest BCUT2D eigenvalue weighted by molar-refractivity contribution is 5.42. The van der Waals surface area contributed by atoms with Gasteiger partial charge in [-0.3, -0.25) is 10.1 Å². The van der Waals surface area contributed by atoms with Crippen LogP contribution in [0.4, 0.5) is 5.69 Å². The van der Waals surface area contributed by atoms with Crippen molar-refractivity contribution in [2.75, 3.05) is 0 Å². The number of hydrogen-bond donors (Lipinski definition) is 0. The first-order chi connectivity index (χ1) is 7.99. The van der Waals surface area contributed by atoms with Gasteiger partial charge in [0.05, 0.1) is 4.92 Å². The molecule has 0 fully saturated rings. The summed E-state index contributed by atoms with van der Waals surface area (Å²) in [7, 11) is 0. The summed E-state index contributed by atoms with van der Waals surface area (Å²) >= 11 is 0. The Kier molecular flexibility index (Phi) is 4.67. The van der Waals surface area contributed by atoms with E-state index in [1.54, 1.807) is 12.1 Å². The van der Waals surface area contributed by atoms with E-state index in [0.717, 1.165) is 24.0 Å². The van der Waals surface area contributed by atoms with Crippen LogP contribution >= 0.6 is 0 Å². The van der Waals surface area contributed by atoms with Crippen LogP contribution in [0.1, 0.15) is 63.5 Å². The Morgan fingerprint density at radius 1 is 1.06 bits per heavy atom. The van der Waals surface area contributed by atoms with Crippen LogP contribution in [0.3, 0.4) is 0 Å². The molecule has 0 radical (unpaired) electrons. The molecule has 0 saturated carbocycles. The Morgan fingerprint density at radius 2 is 1.47 bits per heavy atom. The minimum absolute atomic E-state index is 0.220. The standard InChI is InChI=1S/C14H21NO2/c1-5-10(3)12-7-13(11(4)6-2)9-14(8-12)15(16)17/h7-11H,5-6H2,1-4H3. The van der Waals surface area contributed by atoms with E-state index in [1.807, 2.05) is 0 Å². The molecule has 0 aliphatic heterocycles. The molecule has 0 bridgehead atoms. The molecule has 0 heterocycles. The summed E-state index contributed by atoms with van der Waals surface area (Å²) < 4.78 is 0. The highest BCUT2D eigenvalue weighted by atomic mass is 16.6. The van der Waals surface area contributed by atoms with Gasteiger partial charge in [-0.05, 0) is 35.8 Å². The van der Waals surface area contributed by atoms with Crippen molar-refractivity contribution in [3.05, 3.63) is 39.4 Å². The topological polar surface area (TPSA) is 43.1 Å². The Bertz CT molecular complexity index is 373. The van der Waals surface area contributed by atoms with E-state index in [1.165, 1.54) is 0 Å². The predicted molar refractivity (Wildman–Crippen MR) is 70.5 cm³/mol. The first-order valence-corrected chi connectivity index (χ1v) is 6.28. The smallest absolute Gasteiger partial charge is 0.258 e. The van der Waals surface area contributed by atoms with Crippen molar-refractivity contribution in [1.29, 1.82) is 0 Å². The van der Waals surface area contributed by atoms with Crippen LogP contribution in [-0.4, -0.2) is 4.92 Å². The van der Waals surface area contributed by atoms with E-state index < -0.39 is 0 Å². The molecule has 94 valence electrons. The summed E-state index contributed by atoms with van der Waals surface area (Å²) in [6, 6.07) is 5.54. The number of rotatable bonds is 5. The molecule has 0 spiro atoms. The normalized spacial score (nSPS) is 14.4. The van der Waals surface area contributed by atoms with Crippen molar-refractivity contribution < 1.29 is 4.92 Å². The van der Waals surface area contributed by atoms with Gasteiger partial charge in [-0.2, -0.15) is 0 Å². The van der Waals surface area contributed by atoms with Gasteiger partial charge in [0.25, 0.3) is 5.69 Å². The lowest BCUT2D eigenvalue weighted by Crippen LogP contribution is -2.00. The number of nitro benzene ring substituents is 1. The molecule has 2 unspecified atom stereocenters. The third kappa shape index (κ3) is 3.29. The number of nitro groups is 1. The van der Waals surface area contributed by atoms with Crippen molar-refractivity contribution in [3.63, 3.8) is 0 Å². The molecule has 2 atom stereocenters. The van der Waals surface area contributed by atoms with E-state index in [2.05, 4.69) is 33.8 Å². The molecule has 3 heteroatoms. The molecule has 1 aromatic rings. The van der Waals surface area contributed by atoms with Gasteiger partial charge in [0.1, 0.15) is 0 Å². The van der Waals surface area contributed by atoms with Crippen molar-refractivity contribution in [1.82, 2.24) is 0 Å². The number of nitrogens with zero attached hydrogens (tertiary/aromatic N) is 1. The Hall–Kier alpha value is -1.38. The first kappa shape index (κ1) is 13.7. The zero-order chi connectivity index (χ0) is 13.0. The second-order valence-electron chi connectivity index (χ2n) is 4.73. The molecule has 17 heavy (non-hydrogen) atoms. The predicted octanol–water partition coefficient (Wildman–Crippen LogP) is 4.62. The summed E-state index contributed by atoms with van der Waals surface area (Å²) in [5.74, 6) is 0.746. The van der Waals surface area contributed by atoms with Crippen molar-refractivity contribution in [2.45, 2.75) is 52.4 Å². The monoisotopic (exact) mass is 235 g/mol. The summed E-state index contributed by atoms with van der Waals surface area (Å²) in [6.45, 7) is 8.43. The van der Waals surface area contributed by atoms with Gasteiger partial charge in [-0.1, -0.05) is 33.8 Å². The maximum atomic E-state index is 10.9. The Morgan fingerprint density at radius 3 is 1.76 bits per heavy atom. The van der Waals surface area contributed by atoms with Gasteiger partial charge in [0.15, 0.2) is 0 Å². The molecule has 0 N–H and O–H groups in total. The van der Waals surface area contributed by atoms with Crippen molar-refractivity contribution >= 4 is 5.69 Å². The lowest BCUT2D eigenvalue weighted by atomic mass is 9.91. The van der Waals surface area contributed by atoms with E-state index >= 15 is 0 Å². The fourth-order valence-electron chi connectivity index (χ4n) is 1.80. The highest BCUT2D eigenvalue weighted by Crippen LogP contribution is 2.29. The van der Waals surface area contributed by atoms with E-state index in [-0.39, 0.29) is 10.6 Å². The van der Waals surface area contributed by atoms with Crippen LogP contribution < -0.4 is 0 Å². The lowest BCUT2D eigenvalue weighted by Gasteiger charge is -2.14. The summed E-state index contributed by atoms with van der Waals surface area (Å²) in [4.78, 5) is 10.6. The zero-order valence-corrected chi connectivity index (χ0v) is 11.1. The van der Waals surface area contributed by atoms with Gasteiger partial charge < -0.3 is 0 Å². The quantitative estimate of drug-likeness (QED) is 0.552. The van der Waals surface area contributed by atoms with Crippen molar-refractivity contribution in [2.24, 2.45) is 0 Å². The molecule has 1 rings (SSSR count). The highest BCUT2D eigenvalue weighted by Gasteiger charge is 2.15. The van der Waals surface area contributed by atoms with Crippen LogP contribution in [0.25, 0.3) is 0 Å². The fourth-order valence-corrected chi connectivity index (χ4v) is 1.80.